The second-order valence-electron chi connectivity index (χ2n) is 7.80. The van der Waals surface area contributed by atoms with Gasteiger partial charge in [0.05, 0.1) is 0 Å². The highest BCUT2D eigenvalue weighted by Gasteiger charge is 2.24. The minimum absolute atomic E-state index is 0.0109. The summed E-state index contributed by atoms with van der Waals surface area (Å²) >= 11 is 0. The number of nitrogens with zero attached hydrogens (tertiary/aromatic N) is 1. The molecular formula is C20H30N4O4. The molecule has 4 amide bonds. The van der Waals surface area contributed by atoms with Crippen molar-refractivity contribution < 1.29 is 19.1 Å². The highest BCUT2D eigenvalue weighted by atomic mass is 16.6. The largest absolute Gasteiger partial charge is 0.444 e. The van der Waals surface area contributed by atoms with Gasteiger partial charge in [0.25, 0.3) is 0 Å². The third kappa shape index (κ3) is 7.85. The predicted octanol–water partition coefficient (Wildman–Crippen LogP) is 2.71. The van der Waals surface area contributed by atoms with Gasteiger partial charge in [-0.1, -0.05) is 18.2 Å². The summed E-state index contributed by atoms with van der Waals surface area (Å²) in [5.74, 6) is -0.0109. The van der Waals surface area contributed by atoms with Crippen molar-refractivity contribution in [2.45, 2.75) is 51.7 Å². The van der Waals surface area contributed by atoms with Crippen molar-refractivity contribution in [3.05, 3.63) is 30.3 Å². The van der Waals surface area contributed by atoms with E-state index in [0.717, 1.165) is 5.69 Å². The Morgan fingerprint density at radius 2 is 1.75 bits per heavy atom. The molecule has 3 N–H and O–H groups in total. The molecule has 0 atom stereocenters. The topological polar surface area (TPSA) is 99.8 Å². The Labute approximate surface area is 166 Å². The van der Waals surface area contributed by atoms with E-state index in [1.165, 1.54) is 0 Å². The second-order valence-corrected chi connectivity index (χ2v) is 7.80. The Balaban J connectivity index is 1.64. The number of para-hydroxylation sites is 1. The van der Waals surface area contributed by atoms with Gasteiger partial charge in [0.1, 0.15) is 5.60 Å². The zero-order chi connectivity index (χ0) is 20.6. The summed E-state index contributed by atoms with van der Waals surface area (Å²) in [6.45, 7) is 6.77. The smallest absolute Gasteiger partial charge is 0.407 e. The highest BCUT2D eigenvalue weighted by Crippen LogP contribution is 2.12. The number of carbonyl (C=O) groups is 3. The van der Waals surface area contributed by atoms with Crippen LogP contribution in [0.3, 0.4) is 0 Å². The van der Waals surface area contributed by atoms with E-state index < -0.39 is 11.7 Å². The molecule has 1 aromatic rings. The third-order valence-electron chi connectivity index (χ3n) is 4.22. The van der Waals surface area contributed by atoms with Crippen LogP contribution in [-0.4, -0.2) is 54.2 Å². The Hall–Kier alpha value is -2.77. The first-order valence-corrected chi connectivity index (χ1v) is 9.60. The minimum atomic E-state index is -0.560. The van der Waals surface area contributed by atoms with Crippen LogP contribution in [0.4, 0.5) is 15.3 Å². The normalized spacial score (nSPS) is 14.9. The Morgan fingerprint density at radius 3 is 2.36 bits per heavy atom. The Bertz CT molecular complexity index is 665. The van der Waals surface area contributed by atoms with E-state index in [9.17, 15) is 14.4 Å². The number of rotatable bonds is 5. The monoisotopic (exact) mass is 390 g/mol. The second kappa shape index (κ2) is 9.96. The minimum Gasteiger partial charge on any atom is -0.444 e. The van der Waals surface area contributed by atoms with Crippen LogP contribution < -0.4 is 16.0 Å². The number of nitrogens with one attached hydrogen (secondary N) is 3. The summed E-state index contributed by atoms with van der Waals surface area (Å²) in [5.41, 5.74) is 0.181. The molecule has 1 aliphatic heterocycles. The summed E-state index contributed by atoms with van der Waals surface area (Å²) in [6.07, 6.45) is 1.11. The number of ether oxygens (including phenoxy) is 1. The maximum atomic E-state index is 12.3. The van der Waals surface area contributed by atoms with Crippen LogP contribution in [0.5, 0.6) is 0 Å². The number of amides is 4. The Kier molecular flexibility index (Phi) is 7.66. The predicted molar refractivity (Wildman–Crippen MR) is 107 cm³/mol. The molecule has 1 aliphatic rings. The van der Waals surface area contributed by atoms with Crippen molar-refractivity contribution in [3.8, 4) is 0 Å². The van der Waals surface area contributed by atoms with Gasteiger partial charge in [-0.3, -0.25) is 4.79 Å². The van der Waals surface area contributed by atoms with Gasteiger partial charge in [0.2, 0.25) is 5.91 Å². The molecule has 0 aliphatic carbocycles. The summed E-state index contributed by atoms with van der Waals surface area (Å²) in [6, 6.07) is 9.05. The lowest BCUT2D eigenvalue weighted by Crippen LogP contribution is -2.48. The number of urea groups is 1. The summed E-state index contributed by atoms with van der Waals surface area (Å²) < 4.78 is 5.14. The number of benzene rings is 1. The fourth-order valence-corrected chi connectivity index (χ4v) is 2.89. The number of hydrogen-bond donors (Lipinski definition) is 3. The Morgan fingerprint density at radius 1 is 1.11 bits per heavy atom. The molecule has 1 saturated heterocycles. The van der Waals surface area contributed by atoms with Gasteiger partial charge in [-0.2, -0.15) is 0 Å². The first-order chi connectivity index (χ1) is 13.2. The first-order valence-electron chi connectivity index (χ1n) is 9.60. The van der Waals surface area contributed by atoms with Crippen molar-refractivity contribution in [3.63, 3.8) is 0 Å². The van der Waals surface area contributed by atoms with E-state index in [1.807, 2.05) is 30.3 Å². The summed E-state index contributed by atoms with van der Waals surface area (Å²) in [7, 11) is 0. The lowest BCUT2D eigenvalue weighted by Gasteiger charge is -2.32. The highest BCUT2D eigenvalue weighted by molar-refractivity contribution is 5.89. The molecule has 1 fully saturated rings. The molecule has 28 heavy (non-hydrogen) atoms. The van der Waals surface area contributed by atoms with Crippen molar-refractivity contribution in [2.24, 2.45) is 0 Å². The number of hydrogen-bond acceptors (Lipinski definition) is 4. The van der Waals surface area contributed by atoms with E-state index in [-0.39, 0.29) is 30.9 Å². The van der Waals surface area contributed by atoms with Gasteiger partial charge < -0.3 is 25.6 Å². The molecule has 154 valence electrons. The number of piperidine rings is 1. The average Bonchev–Trinajstić information content (AvgIpc) is 2.61. The summed E-state index contributed by atoms with van der Waals surface area (Å²) in [5, 5.41) is 8.33. The van der Waals surface area contributed by atoms with Crippen molar-refractivity contribution in [1.82, 2.24) is 15.5 Å². The van der Waals surface area contributed by atoms with Crippen molar-refractivity contribution in [2.75, 3.05) is 25.0 Å². The van der Waals surface area contributed by atoms with Crippen LogP contribution in [0.2, 0.25) is 0 Å². The van der Waals surface area contributed by atoms with Crippen LogP contribution >= 0.6 is 0 Å². The van der Waals surface area contributed by atoms with Crippen molar-refractivity contribution in [1.29, 1.82) is 0 Å². The number of anilines is 1. The molecule has 1 aromatic carbocycles. The van der Waals surface area contributed by atoms with Gasteiger partial charge in [-0.25, -0.2) is 9.59 Å². The van der Waals surface area contributed by atoms with Crippen LogP contribution in [0.25, 0.3) is 0 Å². The lowest BCUT2D eigenvalue weighted by molar-refractivity contribution is -0.132. The molecular weight excluding hydrogens is 360 g/mol. The zero-order valence-corrected chi connectivity index (χ0v) is 16.8. The van der Waals surface area contributed by atoms with Gasteiger partial charge >= 0.3 is 12.1 Å². The molecule has 8 nitrogen and oxygen atoms in total. The van der Waals surface area contributed by atoms with Gasteiger partial charge in [0, 0.05) is 37.8 Å². The molecule has 2 rings (SSSR count). The van der Waals surface area contributed by atoms with Crippen LogP contribution in [0.15, 0.2) is 30.3 Å². The van der Waals surface area contributed by atoms with E-state index in [4.69, 9.17) is 4.74 Å². The van der Waals surface area contributed by atoms with Crippen LogP contribution in [-0.2, 0) is 9.53 Å². The molecule has 0 aromatic heterocycles. The molecule has 0 saturated carbocycles. The fourth-order valence-electron chi connectivity index (χ4n) is 2.89. The number of likely N-dealkylation sites (tertiary alicyclic amines) is 1. The summed E-state index contributed by atoms with van der Waals surface area (Å²) in [4.78, 5) is 37.7. The van der Waals surface area contributed by atoms with Gasteiger partial charge in [-0.05, 0) is 45.7 Å². The molecule has 8 heteroatoms. The maximum absolute atomic E-state index is 12.3. The van der Waals surface area contributed by atoms with Crippen LogP contribution in [0, 0.1) is 0 Å². The van der Waals surface area contributed by atoms with Crippen LogP contribution in [0.1, 0.15) is 40.0 Å². The lowest BCUT2D eigenvalue weighted by atomic mass is 10.0. The first kappa shape index (κ1) is 21.5. The molecule has 1 heterocycles. The third-order valence-corrected chi connectivity index (χ3v) is 4.22. The fraction of sp³-hybridized carbons (Fsp3) is 0.550. The zero-order valence-electron chi connectivity index (χ0n) is 16.8. The van der Waals surface area contributed by atoms with E-state index >= 15 is 0 Å². The maximum Gasteiger partial charge on any atom is 0.407 e. The van der Waals surface area contributed by atoms with Gasteiger partial charge in [-0.15, -0.1) is 0 Å². The molecule has 0 unspecified atom stereocenters. The molecule has 0 bridgehead atoms. The van der Waals surface area contributed by atoms with E-state index in [2.05, 4.69) is 16.0 Å². The van der Waals surface area contributed by atoms with Gasteiger partial charge in [0.15, 0.2) is 0 Å². The molecule has 0 spiro atoms. The van der Waals surface area contributed by atoms with E-state index in [0.29, 0.717) is 25.9 Å². The SMILES string of the molecule is CC(C)(C)OC(=O)NCCC(=O)N1CCC(NC(=O)Nc2ccccc2)CC1. The quantitative estimate of drug-likeness (QED) is 0.720. The van der Waals surface area contributed by atoms with Crippen molar-refractivity contribution >= 4 is 23.7 Å². The number of alkyl carbamates (subject to hydrolysis) is 1. The molecule has 0 radical (unpaired) electrons. The van der Waals surface area contributed by atoms with E-state index in [1.54, 1.807) is 25.7 Å². The number of carbonyl (C=O) groups excluding carboxylic acids is 3. The standard InChI is InChI=1S/C20H30N4O4/c1-20(2,3)28-19(27)21-12-9-17(25)24-13-10-16(11-14-24)23-18(26)22-15-7-5-4-6-8-15/h4-8,16H,9-14H2,1-3H3,(H,21,27)(H2,22,23,26). The average molecular weight is 390 g/mol.